The molecular formula is C15H24N2O. The molecule has 18 heavy (non-hydrogen) atoms. The van der Waals surface area contributed by atoms with Crippen molar-refractivity contribution in [3.8, 4) is 0 Å². The van der Waals surface area contributed by atoms with Crippen molar-refractivity contribution in [1.29, 1.82) is 0 Å². The number of unbranched alkanes of at least 4 members (excludes halogenated alkanes) is 1. The maximum atomic E-state index is 12.0. The summed E-state index contributed by atoms with van der Waals surface area (Å²) in [5.41, 5.74) is 7.57. The highest BCUT2D eigenvalue weighted by Crippen LogP contribution is 2.09. The summed E-state index contributed by atoms with van der Waals surface area (Å²) in [6.45, 7) is 5.87. The minimum atomic E-state index is 0.253. The second-order valence-corrected chi connectivity index (χ2v) is 4.57. The number of aryl methyl sites for hydroxylation is 1. The van der Waals surface area contributed by atoms with Crippen molar-refractivity contribution in [2.24, 2.45) is 0 Å². The number of rotatable bonds is 7. The Bertz CT molecular complexity index is 359. The summed E-state index contributed by atoms with van der Waals surface area (Å²) < 4.78 is 0. The highest BCUT2D eigenvalue weighted by molar-refractivity contribution is 5.76. The summed E-state index contributed by atoms with van der Waals surface area (Å²) in [5, 5.41) is 0. The maximum Gasteiger partial charge on any atom is 0.222 e. The summed E-state index contributed by atoms with van der Waals surface area (Å²) in [6.07, 6.45) is 3.59. The Labute approximate surface area is 110 Å². The zero-order valence-corrected chi connectivity index (χ0v) is 11.5. The molecule has 0 aromatic heterocycles. The Kier molecular flexibility index (Phi) is 6.26. The molecule has 2 N–H and O–H groups in total. The Hall–Kier alpha value is -1.51. The van der Waals surface area contributed by atoms with E-state index in [0.29, 0.717) is 6.42 Å². The SMILES string of the molecule is CCCCN(CC)C(=O)CCc1ccc(N)cc1. The molecule has 0 spiro atoms. The van der Waals surface area contributed by atoms with Crippen molar-refractivity contribution < 1.29 is 4.79 Å². The Morgan fingerprint density at radius 1 is 1.22 bits per heavy atom. The van der Waals surface area contributed by atoms with Crippen molar-refractivity contribution in [2.45, 2.75) is 39.5 Å². The van der Waals surface area contributed by atoms with Crippen LogP contribution in [0, 0.1) is 0 Å². The van der Waals surface area contributed by atoms with Gasteiger partial charge in [0.2, 0.25) is 5.91 Å². The first kappa shape index (κ1) is 14.6. The number of nitrogens with zero attached hydrogens (tertiary/aromatic N) is 1. The van der Waals surface area contributed by atoms with Gasteiger partial charge < -0.3 is 10.6 Å². The third-order valence-corrected chi connectivity index (χ3v) is 3.12. The zero-order valence-electron chi connectivity index (χ0n) is 11.5. The van der Waals surface area contributed by atoms with Gasteiger partial charge in [-0.1, -0.05) is 25.5 Å². The van der Waals surface area contributed by atoms with Crippen LogP contribution in [0.3, 0.4) is 0 Å². The van der Waals surface area contributed by atoms with Gasteiger partial charge in [0.05, 0.1) is 0 Å². The summed E-state index contributed by atoms with van der Waals surface area (Å²) in [6, 6.07) is 7.75. The molecule has 1 amide bonds. The van der Waals surface area contributed by atoms with Gasteiger partial charge in [-0.2, -0.15) is 0 Å². The van der Waals surface area contributed by atoms with Gasteiger partial charge in [-0.25, -0.2) is 0 Å². The Balaban J connectivity index is 2.41. The van der Waals surface area contributed by atoms with E-state index in [4.69, 9.17) is 5.73 Å². The van der Waals surface area contributed by atoms with E-state index in [1.54, 1.807) is 0 Å². The molecule has 0 fully saturated rings. The van der Waals surface area contributed by atoms with Crippen molar-refractivity contribution in [3.05, 3.63) is 29.8 Å². The summed E-state index contributed by atoms with van der Waals surface area (Å²) in [4.78, 5) is 14.0. The van der Waals surface area contributed by atoms with E-state index in [1.165, 1.54) is 5.56 Å². The van der Waals surface area contributed by atoms with Crippen LogP contribution in [0.1, 0.15) is 38.7 Å². The summed E-state index contributed by atoms with van der Waals surface area (Å²) in [7, 11) is 0. The molecule has 0 aliphatic carbocycles. The van der Waals surface area contributed by atoms with Gasteiger partial charge in [-0.3, -0.25) is 4.79 Å². The van der Waals surface area contributed by atoms with Crippen LogP contribution >= 0.6 is 0 Å². The lowest BCUT2D eigenvalue weighted by atomic mass is 10.1. The molecule has 1 aromatic rings. The minimum absolute atomic E-state index is 0.253. The first-order valence-electron chi connectivity index (χ1n) is 6.79. The molecule has 0 saturated heterocycles. The second-order valence-electron chi connectivity index (χ2n) is 4.57. The average Bonchev–Trinajstić information content (AvgIpc) is 2.39. The number of hydrogen-bond donors (Lipinski definition) is 1. The van der Waals surface area contributed by atoms with Gasteiger partial charge in [-0.05, 0) is 37.5 Å². The summed E-state index contributed by atoms with van der Waals surface area (Å²) in [5.74, 6) is 0.253. The predicted octanol–water partition coefficient (Wildman–Crippen LogP) is 2.85. The quantitative estimate of drug-likeness (QED) is 0.754. The predicted molar refractivity (Wildman–Crippen MR) is 76.3 cm³/mol. The normalized spacial score (nSPS) is 10.3. The van der Waals surface area contributed by atoms with Gasteiger partial charge in [0.1, 0.15) is 0 Å². The maximum absolute atomic E-state index is 12.0. The van der Waals surface area contributed by atoms with E-state index in [2.05, 4.69) is 6.92 Å². The van der Waals surface area contributed by atoms with E-state index in [0.717, 1.165) is 38.0 Å². The van der Waals surface area contributed by atoms with Gasteiger partial charge in [-0.15, -0.1) is 0 Å². The lowest BCUT2D eigenvalue weighted by Gasteiger charge is -2.20. The number of amides is 1. The van der Waals surface area contributed by atoms with Gasteiger partial charge in [0.25, 0.3) is 0 Å². The number of anilines is 1. The van der Waals surface area contributed by atoms with Crippen molar-refractivity contribution in [1.82, 2.24) is 4.90 Å². The lowest BCUT2D eigenvalue weighted by molar-refractivity contribution is -0.131. The van der Waals surface area contributed by atoms with Crippen LogP contribution in [-0.4, -0.2) is 23.9 Å². The first-order valence-corrected chi connectivity index (χ1v) is 6.79. The summed E-state index contributed by atoms with van der Waals surface area (Å²) >= 11 is 0. The van der Waals surface area contributed by atoms with E-state index >= 15 is 0 Å². The fourth-order valence-corrected chi connectivity index (χ4v) is 1.90. The van der Waals surface area contributed by atoms with Crippen LogP contribution in [0.4, 0.5) is 5.69 Å². The molecular weight excluding hydrogens is 224 g/mol. The van der Waals surface area contributed by atoms with Crippen LogP contribution in [0.2, 0.25) is 0 Å². The molecule has 3 heteroatoms. The number of nitrogens with two attached hydrogens (primary N) is 1. The third-order valence-electron chi connectivity index (χ3n) is 3.12. The molecule has 0 heterocycles. The van der Waals surface area contributed by atoms with Crippen LogP contribution in [0.5, 0.6) is 0 Å². The number of carbonyl (C=O) groups is 1. The van der Waals surface area contributed by atoms with Gasteiger partial charge in [0, 0.05) is 25.2 Å². The van der Waals surface area contributed by atoms with Crippen LogP contribution < -0.4 is 5.73 Å². The Morgan fingerprint density at radius 3 is 2.44 bits per heavy atom. The molecule has 100 valence electrons. The van der Waals surface area contributed by atoms with Crippen molar-refractivity contribution in [3.63, 3.8) is 0 Å². The van der Waals surface area contributed by atoms with Crippen molar-refractivity contribution in [2.75, 3.05) is 18.8 Å². The molecule has 1 rings (SSSR count). The molecule has 0 bridgehead atoms. The average molecular weight is 248 g/mol. The third kappa shape index (κ3) is 4.78. The topological polar surface area (TPSA) is 46.3 Å². The molecule has 0 aliphatic heterocycles. The fraction of sp³-hybridized carbons (Fsp3) is 0.533. The van der Waals surface area contributed by atoms with E-state index in [1.807, 2.05) is 36.1 Å². The Morgan fingerprint density at radius 2 is 1.89 bits per heavy atom. The standard InChI is InChI=1S/C15H24N2O/c1-3-5-12-17(4-2)15(18)11-8-13-6-9-14(16)10-7-13/h6-7,9-10H,3-5,8,11-12,16H2,1-2H3. The monoisotopic (exact) mass is 248 g/mol. The molecule has 0 atom stereocenters. The molecule has 0 radical (unpaired) electrons. The fourth-order valence-electron chi connectivity index (χ4n) is 1.90. The number of hydrogen-bond acceptors (Lipinski definition) is 2. The molecule has 0 aliphatic rings. The molecule has 0 saturated carbocycles. The zero-order chi connectivity index (χ0) is 13.4. The van der Waals surface area contributed by atoms with Gasteiger partial charge in [0.15, 0.2) is 0 Å². The minimum Gasteiger partial charge on any atom is -0.399 e. The lowest BCUT2D eigenvalue weighted by Crippen LogP contribution is -2.31. The van der Waals surface area contributed by atoms with Gasteiger partial charge >= 0.3 is 0 Å². The number of nitrogen functional groups attached to an aromatic ring is 1. The molecule has 0 unspecified atom stereocenters. The van der Waals surface area contributed by atoms with Crippen LogP contribution in [0.25, 0.3) is 0 Å². The van der Waals surface area contributed by atoms with E-state index in [9.17, 15) is 4.79 Å². The first-order chi connectivity index (χ1) is 8.67. The smallest absolute Gasteiger partial charge is 0.222 e. The largest absolute Gasteiger partial charge is 0.399 e. The van der Waals surface area contributed by atoms with E-state index in [-0.39, 0.29) is 5.91 Å². The number of carbonyl (C=O) groups excluding carboxylic acids is 1. The molecule has 3 nitrogen and oxygen atoms in total. The molecule has 1 aromatic carbocycles. The number of benzene rings is 1. The van der Waals surface area contributed by atoms with E-state index < -0.39 is 0 Å². The van der Waals surface area contributed by atoms with Crippen molar-refractivity contribution >= 4 is 11.6 Å². The highest BCUT2D eigenvalue weighted by atomic mass is 16.2. The van der Waals surface area contributed by atoms with Crippen LogP contribution in [-0.2, 0) is 11.2 Å². The highest BCUT2D eigenvalue weighted by Gasteiger charge is 2.10. The van der Waals surface area contributed by atoms with Crippen LogP contribution in [0.15, 0.2) is 24.3 Å². The second kappa shape index (κ2) is 7.75.